The Kier molecular flexibility index (Phi) is 6.21. The highest BCUT2D eigenvalue weighted by atomic mass is 35.5. The second-order valence-corrected chi connectivity index (χ2v) is 5.25. The average Bonchev–Trinajstić information content (AvgIpc) is 2.59. The van der Waals surface area contributed by atoms with Crippen LogP contribution >= 0.6 is 11.6 Å². The van der Waals surface area contributed by atoms with Crippen LogP contribution in [0.1, 0.15) is 25.3 Å². The zero-order valence-electron chi connectivity index (χ0n) is 13.5. The van der Waals surface area contributed by atoms with Crippen molar-refractivity contribution in [1.29, 1.82) is 5.26 Å². The lowest BCUT2D eigenvalue weighted by atomic mass is 10.1. The van der Waals surface area contributed by atoms with Crippen LogP contribution in [0.4, 0.5) is 0 Å². The van der Waals surface area contributed by atoms with E-state index in [1.165, 1.54) is 13.3 Å². The molecule has 0 fully saturated rings. The molecule has 7 heteroatoms. The highest BCUT2D eigenvalue weighted by Crippen LogP contribution is 2.35. The van der Waals surface area contributed by atoms with Gasteiger partial charge in [0.05, 0.1) is 36.4 Å². The van der Waals surface area contributed by atoms with Gasteiger partial charge in [-0.05, 0) is 19.4 Å². The smallest absolute Gasteiger partial charge is 0.305 e. The fourth-order valence-electron chi connectivity index (χ4n) is 2.15. The van der Waals surface area contributed by atoms with Gasteiger partial charge in [0.25, 0.3) is 0 Å². The number of carbonyl (C=O) groups is 1. The first kappa shape index (κ1) is 17.8. The summed E-state index contributed by atoms with van der Waals surface area (Å²) >= 11 is 6.20. The number of halogens is 1. The fourth-order valence-corrected chi connectivity index (χ4v) is 2.39. The van der Waals surface area contributed by atoms with E-state index in [9.17, 15) is 4.79 Å². The quantitative estimate of drug-likeness (QED) is 0.562. The molecule has 0 saturated carbocycles. The number of methoxy groups -OCH3 is 1. The average molecular weight is 349 g/mol. The lowest BCUT2D eigenvalue weighted by Gasteiger charge is -2.12. The Morgan fingerprint density at radius 3 is 2.83 bits per heavy atom. The lowest BCUT2D eigenvalue weighted by Crippen LogP contribution is -2.07. The van der Waals surface area contributed by atoms with Gasteiger partial charge in [-0.2, -0.15) is 5.26 Å². The minimum Gasteiger partial charge on any atom is -0.493 e. The summed E-state index contributed by atoms with van der Waals surface area (Å²) in [5.74, 6) is 0.739. The molecule has 1 aromatic heterocycles. The summed E-state index contributed by atoms with van der Waals surface area (Å²) in [6.45, 7) is 2.48. The van der Waals surface area contributed by atoms with E-state index >= 15 is 0 Å². The summed E-state index contributed by atoms with van der Waals surface area (Å²) in [5, 5.41) is 9.96. The number of benzene rings is 1. The van der Waals surface area contributed by atoms with Crippen LogP contribution in [-0.2, 0) is 9.53 Å². The highest BCUT2D eigenvalue weighted by Gasteiger charge is 2.13. The van der Waals surface area contributed by atoms with Crippen molar-refractivity contribution in [3.05, 3.63) is 28.9 Å². The molecule has 0 spiro atoms. The van der Waals surface area contributed by atoms with Crippen LogP contribution in [0.15, 0.2) is 18.3 Å². The summed E-state index contributed by atoms with van der Waals surface area (Å²) < 4.78 is 15.9. The Bertz CT molecular complexity index is 786. The van der Waals surface area contributed by atoms with Crippen molar-refractivity contribution in [2.45, 2.75) is 19.8 Å². The van der Waals surface area contributed by atoms with Crippen molar-refractivity contribution in [1.82, 2.24) is 4.98 Å². The van der Waals surface area contributed by atoms with Gasteiger partial charge in [-0.1, -0.05) is 11.6 Å². The van der Waals surface area contributed by atoms with Gasteiger partial charge in [0.1, 0.15) is 6.07 Å². The topological polar surface area (TPSA) is 81.4 Å². The maximum Gasteiger partial charge on any atom is 0.305 e. The largest absolute Gasteiger partial charge is 0.493 e. The van der Waals surface area contributed by atoms with Crippen LogP contribution in [0.3, 0.4) is 0 Å². The van der Waals surface area contributed by atoms with Crippen LogP contribution in [0.5, 0.6) is 11.5 Å². The number of hydrogen-bond acceptors (Lipinski definition) is 6. The Balaban J connectivity index is 2.16. The number of pyridine rings is 1. The van der Waals surface area contributed by atoms with Gasteiger partial charge in [0, 0.05) is 24.1 Å². The third-order valence-corrected chi connectivity index (χ3v) is 3.70. The van der Waals surface area contributed by atoms with E-state index in [0.29, 0.717) is 59.0 Å². The second-order valence-electron chi connectivity index (χ2n) is 4.87. The lowest BCUT2D eigenvalue weighted by molar-refractivity contribution is -0.143. The molecular weight excluding hydrogens is 332 g/mol. The van der Waals surface area contributed by atoms with Gasteiger partial charge in [0.2, 0.25) is 0 Å². The van der Waals surface area contributed by atoms with Gasteiger partial charge in [0.15, 0.2) is 11.5 Å². The van der Waals surface area contributed by atoms with E-state index in [2.05, 4.69) is 4.98 Å². The predicted molar refractivity (Wildman–Crippen MR) is 89.4 cm³/mol. The summed E-state index contributed by atoms with van der Waals surface area (Å²) in [6, 6.07) is 5.38. The highest BCUT2D eigenvalue weighted by molar-refractivity contribution is 6.36. The number of aromatic nitrogens is 1. The number of esters is 1. The minimum atomic E-state index is -0.246. The Morgan fingerprint density at radius 2 is 2.17 bits per heavy atom. The van der Waals surface area contributed by atoms with E-state index in [0.717, 1.165) is 0 Å². The fraction of sp³-hybridized carbons (Fsp3) is 0.353. The van der Waals surface area contributed by atoms with Gasteiger partial charge in [-0.15, -0.1) is 0 Å². The molecule has 0 unspecified atom stereocenters. The molecule has 126 valence electrons. The molecule has 24 heavy (non-hydrogen) atoms. The molecule has 0 atom stereocenters. The van der Waals surface area contributed by atoms with Crippen LogP contribution in [0, 0.1) is 11.3 Å². The minimum absolute atomic E-state index is 0.246. The third-order valence-electron chi connectivity index (χ3n) is 3.30. The number of fused-ring (bicyclic) bond motifs is 1. The molecule has 0 radical (unpaired) electrons. The summed E-state index contributed by atoms with van der Waals surface area (Å²) in [5.41, 5.74) is 0.898. The monoisotopic (exact) mass is 348 g/mol. The van der Waals surface area contributed by atoms with E-state index in [4.69, 9.17) is 31.1 Å². The molecule has 1 aromatic carbocycles. The maximum atomic E-state index is 11.3. The van der Waals surface area contributed by atoms with Crippen LogP contribution < -0.4 is 9.47 Å². The Morgan fingerprint density at radius 1 is 1.38 bits per heavy atom. The van der Waals surface area contributed by atoms with Crippen molar-refractivity contribution in [3.8, 4) is 17.6 Å². The molecule has 0 aliphatic rings. The van der Waals surface area contributed by atoms with Gasteiger partial charge < -0.3 is 14.2 Å². The first-order valence-corrected chi connectivity index (χ1v) is 7.83. The van der Waals surface area contributed by atoms with Crippen LogP contribution in [0.2, 0.25) is 5.02 Å². The van der Waals surface area contributed by atoms with Crippen LogP contribution in [0.25, 0.3) is 10.9 Å². The number of nitriles is 1. The first-order valence-electron chi connectivity index (χ1n) is 7.45. The zero-order valence-corrected chi connectivity index (χ0v) is 14.2. The number of carbonyl (C=O) groups excluding carboxylic acids is 1. The number of ether oxygens (including phenoxy) is 3. The second kappa shape index (κ2) is 8.37. The van der Waals surface area contributed by atoms with Crippen molar-refractivity contribution < 1.29 is 19.0 Å². The SMILES string of the molecule is CCOC(=O)CCCOc1cc2ncc(C#N)c(Cl)c2cc1OC. The normalized spacial score (nSPS) is 10.2. The van der Waals surface area contributed by atoms with Gasteiger partial charge in [-0.25, -0.2) is 0 Å². The molecule has 0 saturated heterocycles. The summed E-state index contributed by atoms with van der Waals surface area (Å²) in [6.07, 6.45) is 2.24. The zero-order chi connectivity index (χ0) is 17.5. The third kappa shape index (κ3) is 4.06. The Hall–Kier alpha value is -2.52. The van der Waals surface area contributed by atoms with Gasteiger partial charge in [-0.3, -0.25) is 9.78 Å². The molecule has 2 aromatic rings. The molecule has 2 rings (SSSR count). The molecule has 0 aliphatic carbocycles. The maximum absolute atomic E-state index is 11.3. The van der Waals surface area contributed by atoms with Crippen molar-refractivity contribution in [2.24, 2.45) is 0 Å². The Labute approximate surface area is 144 Å². The number of hydrogen-bond donors (Lipinski definition) is 0. The van der Waals surface area contributed by atoms with E-state index in [-0.39, 0.29) is 5.97 Å². The number of rotatable bonds is 7. The molecule has 0 N–H and O–H groups in total. The molecular formula is C17H17ClN2O4. The number of nitrogens with zero attached hydrogens (tertiary/aromatic N) is 2. The molecule has 0 amide bonds. The standard InChI is InChI=1S/C17H17ClN2O4/c1-3-23-16(21)5-4-6-24-15-8-13-12(7-14(15)22-2)17(18)11(9-19)10-20-13/h7-8,10H,3-6H2,1-2H3. The summed E-state index contributed by atoms with van der Waals surface area (Å²) in [7, 11) is 1.52. The molecule has 1 heterocycles. The molecule has 6 nitrogen and oxygen atoms in total. The van der Waals surface area contributed by atoms with E-state index in [1.807, 2.05) is 6.07 Å². The predicted octanol–water partition coefficient (Wildman–Crippen LogP) is 3.49. The van der Waals surface area contributed by atoms with E-state index < -0.39 is 0 Å². The molecule has 0 aliphatic heterocycles. The first-order chi connectivity index (χ1) is 11.6. The van der Waals surface area contributed by atoms with E-state index in [1.54, 1.807) is 19.1 Å². The summed E-state index contributed by atoms with van der Waals surface area (Å²) in [4.78, 5) is 15.5. The molecule has 0 bridgehead atoms. The van der Waals surface area contributed by atoms with Crippen molar-refractivity contribution in [2.75, 3.05) is 20.3 Å². The van der Waals surface area contributed by atoms with Gasteiger partial charge >= 0.3 is 5.97 Å². The van der Waals surface area contributed by atoms with Crippen LogP contribution in [-0.4, -0.2) is 31.3 Å². The van der Waals surface area contributed by atoms with Crippen molar-refractivity contribution >= 4 is 28.5 Å². The van der Waals surface area contributed by atoms with Crippen molar-refractivity contribution in [3.63, 3.8) is 0 Å².